The number of ether oxygens (including phenoxy) is 1. The van der Waals surface area contributed by atoms with Gasteiger partial charge >= 0.3 is 0 Å². The van der Waals surface area contributed by atoms with Gasteiger partial charge in [-0.3, -0.25) is 0 Å². The Balaban J connectivity index is 2.88. The van der Waals surface area contributed by atoms with E-state index in [-0.39, 0.29) is 6.61 Å². The van der Waals surface area contributed by atoms with Gasteiger partial charge in [-0.2, -0.15) is 17.0 Å². The normalized spacial score (nSPS) is 23.7. The molecule has 0 aromatic carbocycles. The molecule has 1 rings (SSSR count). The summed E-state index contributed by atoms with van der Waals surface area (Å²) in [7, 11) is -1.96. The second-order valence-electron chi connectivity index (χ2n) is 6.30. The molecule has 0 amide bonds. The predicted octanol–water partition coefficient (Wildman–Crippen LogP) is 0.435. The van der Waals surface area contributed by atoms with Crippen LogP contribution in [-0.4, -0.2) is 66.6 Å². The van der Waals surface area contributed by atoms with Crippen LogP contribution in [0.25, 0.3) is 0 Å². The quantitative estimate of drug-likeness (QED) is 0.798. The molecule has 114 valence electrons. The average molecular weight is 294 g/mol. The smallest absolute Gasteiger partial charge is 0.281 e. The largest absolute Gasteiger partial charge is 0.396 e. The maximum Gasteiger partial charge on any atom is 0.281 e. The molecule has 0 aromatic heterocycles. The van der Waals surface area contributed by atoms with Crippen LogP contribution in [0.15, 0.2) is 0 Å². The molecule has 0 saturated carbocycles. The minimum Gasteiger partial charge on any atom is -0.396 e. The Hall–Kier alpha value is -0.210. The third kappa shape index (κ3) is 4.39. The van der Waals surface area contributed by atoms with Crippen molar-refractivity contribution in [3.63, 3.8) is 0 Å². The van der Waals surface area contributed by atoms with Gasteiger partial charge in [0.1, 0.15) is 0 Å². The highest BCUT2D eigenvalue weighted by Crippen LogP contribution is 2.30. The van der Waals surface area contributed by atoms with Crippen LogP contribution in [0.1, 0.15) is 34.1 Å². The van der Waals surface area contributed by atoms with Crippen molar-refractivity contribution in [2.75, 3.05) is 33.3 Å². The molecule has 0 unspecified atom stereocenters. The van der Waals surface area contributed by atoms with E-state index in [0.717, 1.165) is 0 Å². The third-order valence-corrected chi connectivity index (χ3v) is 4.90. The molecule has 7 heteroatoms. The number of hydrogen-bond acceptors (Lipinski definition) is 4. The summed E-state index contributed by atoms with van der Waals surface area (Å²) in [6.07, 6.45) is 0.437. The molecule has 0 radical (unpaired) electrons. The number of aliphatic hydroxyl groups is 1. The molecule has 0 spiro atoms. The summed E-state index contributed by atoms with van der Waals surface area (Å²) < 4.78 is 33.6. The van der Waals surface area contributed by atoms with Crippen LogP contribution in [0.4, 0.5) is 0 Å². The number of rotatable bonds is 5. The molecule has 6 nitrogen and oxygen atoms in total. The van der Waals surface area contributed by atoms with Gasteiger partial charge in [0, 0.05) is 33.3 Å². The fraction of sp³-hybridized carbons (Fsp3) is 1.00. The van der Waals surface area contributed by atoms with E-state index in [1.54, 1.807) is 7.05 Å². The van der Waals surface area contributed by atoms with Crippen LogP contribution in [0.5, 0.6) is 0 Å². The lowest BCUT2D eigenvalue weighted by molar-refractivity contribution is -0.164. The van der Waals surface area contributed by atoms with Gasteiger partial charge in [0.25, 0.3) is 10.2 Å². The second kappa shape index (κ2) is 5.65. The molecule has 0 bridgehead atoms. The van der Waals surface area contributed by atoms with Gasteiger partial charge < -0.3 is 9.84 Å². The monoisotopic (exact) mass is 294 g/mol. The highest BCUT2D eigenvalue weighted by atomic mass is 32.2. The molecular formula is C12H26N2O4S. The first-order valence-corrected chi connectivity index (χ1v) is 7.92. The lowest BCUT2D eigenvalue weighted by Gasteiger charge is -2.47. The van der Waals surface area contributed by atoms with Crippen LogP contribution < -0.4 is 0 Å². The van der Waals surface area contributed by atoms with Crippen molar-refractivity contribution in [2.45, 2.75) is 45.3 Å². The van der Waals surface area contributed by atoms with Crippen molar-refractivity contribution in [3.8, 4) is 0 Å². The van der Waals surface area contributed by atoms with Gasteiger partial charge in [-0.1, -0.05) is 0 Å². The molecule has 19 heavy (non-hydrogen) atoms. The van der Waals surface area contributed by atoms with Crippen molar-refractivity contribution < 1.29 is 18.3 Å². The van der Waals surface area contributed by atoms with Gasteiger partial charge in [-0.15, -0.1) is 0 Å². The summed E-state index contributed by atoms with van der Waals surface area (Å²) in [6, 6.07) is 0. The van der Waals surface area contributed by atoms with Crippen LogP contribution in [0.3, 0.4) is 0 Å². The van der Waals surface area contributed by atoms with Gasteiger partial charge in [-0.25, -0.2) is 0 Å². The molecule has 1 aliphatic rings. The second-order valence-corrected chi connectivity index (χ2v) is 8.33. The topological polar surface area (TPSA) is 70.1 Å². The Labute approximate surface area is 116 Å². The standard InChI is InChI=1S/C12H26N2O4S/c1-11(2)9-14(10-12(3,4)18-11)19(16,17)13(5)7-6-8-15/h15H,6-10H2,1-5H3. The van der Waals surface area contributed by atoms with Gasteiger partial charge in [0.05, 0.1) is 11.2 Å². The number of aliphatic hydroxyl groups excluding tert-OH is 1. The van der Waals surface area contributed by atoms with E-state index in [0.29, 0.717) is 26.1 Å². The maximum absolute atomic E-state index is 12.5. The van der Waals surface area contributed by atoms with Crippen molar-refractivity contribution in [2.24, 2.45) is 0 Å². The van der Waals surface area contributed by atoms with E-state index >= 15 is 0 Å². The molecule has 1 heterocycles. The third-order valence-electron chi connectivity index (χ3n) is 3.02. The van der Waals surface area contributed by atoms with E-state index in [2.05, 4.69) is 0 Å². The van der Waals surface area contributed by atoms with E-state index in [9.17, 15) is 8.42 Å². The first-order valence-electron chi connectivity index (χ1n) is 6.53. The molecule has 1 aliphatic heterocycles. The maximum atomic E-state index is 12.5. The Morgan fingerprint density at radius 2 is 1.68 bits per heavy atom. The Bertz CT molecular complexity index is 390. The van der Waals surface area contributed by atoms with Crippen molar-refractivity contribution >= 4 is 10.2 Å². The van der Waals surface area contributed by atoms with Gasteiger partial charge in [0.2, 0.25) is 0 Å². The average Bonchev–Trinajstić information content (AvgIpc) is 2.21. The summed E-state index contributed by atoms with van der Waals surface area (Å²) in [5.41, 5.74) is -1.01. The first kappa shape index (κ1) is 16.8. The number of hydrogen-bond donors (Lipinski definition) is 1. The summed E-state index contributed by atoms with van der Waals surface area (Å²) >= 11 is 0. The van der Waals surface area contributed by atoms with Gasteiger partial charge in [0.15, 0.2) is 0 Å². The highest BCUT2D eigenvalue weighted by molar-refractivity contribution is 7.86. The van der Waals surface area contributed by atoms with Crippen LogP contribution in [-0.2, 0) is 14.9 Å². The molecule has 1 saturated heterocycles. The van der Waals surface area contributed by atoms with Crippen molar-refractivity contribution in [1.82, 2.24) is 8.61 Å². The first-order chi connectivity index (χ1) is 8.50. The zero-order valence-corrected chi connectivity index (χ0v) is 13.3. The summed E-state index contributed by atoms with van der Waals surface area (Å²) in [5.74, 6) is 0. The summed E-state index contributed by atoms with van der Waals surface area (Å²) in [4.78, 5) is 0. The predicted molar refractivity (Wildman–Crippen MR) is 74.1 cm³/mol. The van der Waals surface area contributed by atoms with E-state index < -0.39 is 21.4 Å². The Morgan fingerprint density at radius 3 is 2.11 bits per heavy atom. The van der Waals surface area contributed by atoms with E-state index in [4.69, 9.17) is 9.84 Å². The fourth-order valence-corrected chi connectivity index (χ4v) is 4.19. The van der Waals surface area contributed by atoms with Crippen molar-refractivity contribution in [1.29, 1.82) is 0 Å². The van der Waals surface area contributed by atoms with E-state index in [1.807, 2.05) is 27.7 Å². The minimum atomic E-state index is -3.50. The SMILES string of the molecule is CN(CCCO)S(=O)(=O)N1CC(C)(C)OC(C)(C)C1. The molecule has 1 N–H and O–H groups in total. The summed E-state index contributed by atoms with van der Waals surface area (Å²) in [5, 5.41) is 8.80. The highest BCUT2D eigenvalue weighted by Gasteiger charge is 2.43. The number of morpholine rings is 1. The Kier molecular flexibility index (Phi) is 5.01. The molecular weight excluding hydrogens is 268 g/mol. The van der Waals surface area contributed by atoms with Gasteiger partial charge in [-0.05, 0) is 34.1 Å². The zero-order valence-electron chi connectivity index (χ0n) is 12.5. The number of nitrogens with zero attached hydrogens (tertiary/aromatic N) is 2. The Morgan fingerprint density at radius 1 is 1.21 bits per heavy atom. The molecule has 0 aliphatic carbocycles. The zero-order chi connectivity index (χ0) is 14.9. The molecule has 0 aromatic rings. The molecule has 0 atom stereocenters. The lowest BCUT2D eigenvalue weighted by Crippen LogP contribution is -2.60. The summed E-state index contributed by atoms with van der Waals surface area (Å²) in [6.45, 7) is 8.55. The van der Waals surface area contributed by atoms with Crippen LogP contribution in [0, 0.1) is 0 Å². The van der Waals surface area contributed by atoms with Crippen LogP contribution >= 0.6 is 0 Å². The lowest BCUT2D eigenvalue weighted by atomic mass is 10.0. The minimum absolute atomic E-state index is 0.0139. The van der Waals surface area contributed by atoms with Crippen LogP contribution in [0.2, 0.25) is 0 Å². The van der Waals surface area contributed by atoms with Crippen molar-refractivity contribution in [3.05, 3.63) is 0 Å². The molecule has 1 fully saturated rings. The van der Waals surface area contributed by atoms with E-state index in [1.165, 1.54) is 8.61 Å². The fourth-order valence-electron chi connectivity index (χ4n) is 2.49.